The summed E-state index contributed by atoms with van der Waals surface area (Å²) >= 11 is 1.75. The second kappa shape index (κ2) is 7.43. The average molecular weight is 331 g/mol. The Balaban J connectivity index is 1.42. The van der Waals surface area contributed by atoms with Crippen LogP contribution in [0.3, 0.4) is 0 Å². The van der Waals surface area contributed by atoms with Crippen LogP contribution in [-0.4, -0.2) is 55.5 Å². The van der Waals surface area contributed by atoms with E-state index in [0.29, 0.717) is 19.0 Å². The van der Waals surface area contributed by atoms with Gasteiger partial charge < -0.3 is 15.1 Å². The van der Waals surface area contributed by atoms with Crippen LogP contribution in [0.5, 0.6) is 0 Å². The molecule has 0 unspecified atom stereocenters. The maximum absolute atomic E-state index is 12.1. The highest BCUT2D eigenvalue weighted by Gasteiger charge is 2.23. The molecule has 2 heterocycles. The average Bonchev–Trinajstić information content (AvgIpc) is 3.18. The van der Waals surface area contributed by atoms with Crippen molar-refractivity contribution in [2.24, 2.45) is 0 Å². The summed E-state index contributed by atoms with van der Waals surface area (Å²) in [6.07, 6.45) is 1.77. The highest BCUT2D eigenvalue weighted by atomic mass is 32.1. The number of fused-ring (bicyclic) bond motifs is 1. The molecule has 4 nitrogen and oxygen atoms in total. The Bertz CT molecular complexity index is 669. The number of amides is 1. The number of likely N-dealkylation sites (tertiary alicyclic amines) is 1. The van der Waals surface area contributed by atoms with E-state index in [2.05, 4.69) is 58.9 Å². The minimum absolute atomic E-state index is 0.133. The molecule has 1 aliphatic rings. The standard InChI is InChI=1S/C18H25N3OS/c1-20-8-5-16(13-20)21(2)9-6-18(22)19-12-14-3-4-17-15(11-14)7-10-23-17/h3-4,7,10-11,16H,5-6,8-9,12-13H2,1-2H3,(H,19,22)/t16-/m1/s1. The second-order valence-electron chi connectivity index (χ2n) is 6.50. The van der Waals surface area contributed by atoms with Gasteiger partial charge in [0.25, 0.3) is 0 Å². The smallest absolute Gasteiger partial charge is 0.221 e. The molecule has 5 heteroatoms. The van der Waals surface area contributed by atoms with Gasteiger partial charge in [0.05, 0.1) is 0 Å². The first-order valence-electron chi connectivity index (χ1n) is 8.23. The lowest BCUT2D eigenvalue weighted by Gasteiger charge is -2.23. The quantitative estimate of drug-likeness (QED) is 0.883. The van der Waals surface area contributed by atoms with Gasteiger partial charge >= 0.3 is 0 Å². The molecular formula is C18H25N3OS. The maximum Gasteiger partial charge on any atom is 0.221 e. The van der Waals surface area contributed by atoms with Gasteiger partial charge in [0, 0.05) is 36.8 Å². The Morgan fingerprint density at radius 2 is 2.30 bits per heavy atom. The van der Waals surface area contributed by atoms with Crippen molar-refractivity contribution in [3.8, 4) is 0 Å². The molecule has 2 aromatic rings. The fourth-order valence-electron chi connectivity index (χ4n) is 3.15. The van der Waals surface area contributed by atoms with Crippen LogP contribution >= 0.6 is 11.3 Å². The number of rotatable bonds is 6. The molecule has 1 fully saturated rings. The number of hydrogen-bond acceptors (Lipinski definition) is 4. The van der Waals surface area contributed by atoms with Crippen molar-refractivity contribution in [3.05, 3.63) is 35.2 Å². The van der Waals surface area contributed by atoms with E-state index in [-0.39, 0.29) is 5.91 Å². The first kappa shape index (κ1) is 16.4. The van der Waals surface area contributed by atoms with Crippen molar-refractivity contribution >= 4 is 27.3 Å². The molecule has 0 bridgehead atoms. The summed E-state index contributed by atoms with van der Waals surface area (Å²) < 4.78 is 1.29. The molecule has 1 amide bonds. The van der Waals surface area contributed by atoms with E-state index in [1.807, 2.05) is 0 Å². The summed E-state index contributed by atoms with van der Waals surface area (Å²) in [5.74, 6) is 0.133. The molecule has 1 saturated heterocycles. The van der Waals surface area contributed by atoms with Crippen LogP contribution in [0.4, 0.5) is 0 Å². The van der Waals surface area contributed by atoms with Crippen molar-refractivity contribution in [2.75, 3.05) is 33.7 Å². The molecule has 1 aliphatic heterocycles. The van der Waals surface area contributed by atoms with Crippen molar-refractivity contribution < 1.29 is 4.79 Å². The number of carbonyl (C=O) groups is 1. The SMILES string of the molecule is CN1CC[C@@H](N(C)CCC(=O)NCc2ccc3sccc3c2)C1. The molecule has 124 valence electrons. The van der Waals surface area contributed by atoms with Crippen LogP contribution in [-0.2, 0) is 11.3 Å². The number of likely N-dealkylation sites (N-methyl/N-ethyl adjacent to an activating group) is 2. The van der Waals surface area contributed by atoms with Crippen LogP contribution in [0.2, 0.25) is 0 Å². The van der Waals surface area contributed by atoms with Gasteiger partial charge in [0.1, 0.15) is 0 Å². The van der Waals surface area contributed by atoms with Crippen molar-refractivity contribution in [1.29, 1.82) is 0 Å². The number of hydrogen-bond donors (Lipinski definition) is 1. The molecular weight excluding hydrogens is 306 g/mol. The van der Waals surface area contributed by atoms with Crippen molar-refractivity contribution in [1.82, 2.24) is 15.1 Å². The normalized spacial score (nSPS) is 18.8. The van der Waals surface area contributed by atoms with Gasteiger partial charge in [-0.3, -0.25) is 4.79 Å². The van der Waals surface area contributed by atoms with E-state index in [4.69, 9.17) is 0 Å². The number of benzene rings is 1. The third kappa shape index (κ3) is 4.31. The molecule has 1 N–H and O–H groups in total. The van der Waals surface area contributed by atoms with Crippen molar-refractivity contribution in [2.45, 2.75) is 25.4 Å². The molecule has 23 heavy (non-hydrogen) atoms. The highest BCUT2D eigenvalue weighted by molar-refractivity contribution is 7.17. The number of carbonyl (C=O) groups excluding carboxylic acids is 1. The van der Waals surface area contributed by atoms with Crippen LogP contribution in [0.15, 0.2) is 29.6 Å². The topological polar surface area (TPSA) is 35.6 Å². The Labute approximate surface area is 142 Å². The third-order valence-corrected chi connectivity index (χ3v) is 5.59. The summed E-state index contributed by atoms with van der Waals surface area (Å²) in [5, 5.41) is 6.39. The van der Waals surface area contributed by atoms with E-state index in [9.17, 15) is 4.79 Å². The number of nitrogens with one attached hydrogen (secondary N) is 1. The second-order valence-corrected chi connectivity index (χ2v) is 7.45. The fraction of sp³-hybridized carbons (Fsp3) is 0.500. The minimum Gasteiger partial charge on any atom is -0.352 e. The van der Waals surface area contributed by atoms with Crippen LogP contribution < -0.4 is 5.32 Å². The molecule has 0 saturated carbocycles. The minimum atomic E-state index is 0.133. The summed E-state index contributed by atoms with van der Waals surface area (Å²) in [7, 11) is 4.28. The lowest BCUT2D eigenvalue weighted by molar-refractivity contribution is -0.121. The van der Waals surface area contributed by atoms with Crippen LogP contribution in [0.25, 0.3) is 10.1 Å². The zero-order valence-electron chi connectivity index (χ0n) is 13.9. The molecule has 0 aliphatic carbocycles. The lowest BCUT2D eigenvalue weighted by atomic mass is 10.1. The van der Waals surface area contributed by atoms with Gasteiger partial charge in [-0.2, -0.15) is 0 Å². The van der Waals surface area contributed by atoms with Crippen LogP contribution in [0.1, 0.15) is 18.4 Å². The first-order chi connectivity index (χ1) is 11.1. The summed E-state index contributed by atoms with van der Waals surface area (Å²) in [6.45, 7) is 3.71. The molecule has 0 spiro atoms. The van der Waals surface area contributed by atoms with E-state index in [1.165, 1.54) is 16.5 Å². The molecule has 1 atom stereocenters. The van der Waals surface area contributed by atoms with E-state index in [1.54, 1.807) is 11.3 Å². The molecule has 0 radical (unpaired) electrons. The summed E-state index contributed by atoms with van der Waals surface area (Å²) in [5.41, 5.74) is 1.16. The zero-order chi connectivity index (χ0) is 16.2. The monoisotopic (exact) mass is 331 g/mol. The van der Waals surface area contributed by atoms with Gasteiger partial charge in [0.15, 0.2) is 0 Å². The molecule has 1 aromatic heterocycles. The van der Waals surface area contributed by atoms with Gasteiger partial charge in [0.2, 0.25) is 5.91 Å². The van der Waals surface area contributed by atoms with Gasteiger partial charge in [-0.15, -0.1) is 11.3 Å². The van der Waals surface area contributed by atoms with Crippen LogP contribution in [0, 0.1) is 0 Å². The van der Waals surface area contributed by atoms with E-state index < -0.39 is 0 Å². The summed E-state index contributed by atoms with van der Waals surface area (Å²) in [4.78, 5) is 16.7. The lowest BCUT2D eigenvalue weighted by Crippen LogP contribution is -2.36. The van der Waals surface area contributed by atoms with Gasteiger partial charge in [-0.1, -0.05) is 6.07 Å². The Morgan fingerprint density at radius 3 is 3.09 bits per heavy atom. The third-order valence-electron chi connectivity index (χ3n) is 4.69. The highest BCUT2D eigenvalue weighted by Crippen LogP contribution is 2.21. The largest absolute Gasteiger partial charge is 0.352 e. The zero-order valence-corrected chi connectivity index (χ0v) is 14.7. The van der Waals surface area contributed by atoms with Crippen molar-refractivity contribution in [3.63, 3.8) is 0 Å². The molecule has 1 aromatic carbocycles. The first-order valence-corrected chi connectivity index (χ1v) is 9.11. The Morgan fingerprint density at radius 1 is 1.43 bits per heavy atom. The number of nitrogens with zero attached hydrogens (tertiary/aromatic N) is 2. The van der Waals surface area contributed by atoms with E-state index in [0.717, 1.165) is 25.2 Å². The van der Waals surface area contributed by atoms with Gasteiger partial charge in [-0.05, 0) is 61.6 Å². The fourth-order valence-corrected chi connectivity index (χ4v) is 3.92. The Kier molecular flexibility index (Phi) is 5.30. The maximum atomic E-state index is 12.1. The summed E-state index contributed by atoms with van der Waals surface area (Å²) in [6, 6.07) is 9.10. The van der Waals surface area contributed by atoms with E-state index >= 15 is 0 Å². The Hall–Kier alpha value is -1.43. The van der Waals surface area contributed by atoms with Gasteiger partial charge in [-0.25, -0.2) is 0 Å². The molecule has 3 rings (SSSR count). The number of thiophene rings is 1. The predicted octanol–water partition coefficient (Wildman–Crippen LogP) is 2.54. The predicted molar refractivity (Wildman–Crippen MR) is 96.8 cm³/mol.